The predicted molar refractivity (Wildman–Crippen MR) is 541 cm³/mol. The summed E-state index contributed by atoms with van der Waals surface area (Å²) in [5.74, 6) is -8.87. The molecular weight excluding hydrogens is 1760 g/mol. The molecule has 0 aliphatic carbocycles. The molecule has 43 heteroatoms. The maximum Gasteiger partial charge on any atom is 0.223 e. The number of hydrogen-bond acceptors (Lipinski definition) is 22. The van der Waals surface area contributed by atoms with E-state index in [0.29, 0.717) is 219 Å². The average molecular weight is 1940 g/mol. The third-order valence-electron chi connectivity index (χ3n) is 23.7. The number of carbonyl (C=O) groups excluding carboxylic acids is 14. The molecular formula is C94H175N29O14. The lowest BCUT2D eigenvalue weighted by Crippen LogP contribution is -2.34. The number of nitrogens with two attached hydrogens (primary N) is 16. The summed E-state index contributed by atoms with van der Waals surface area (Å²) in [5.41, 5.74) is 89.1. The largest absolute Gasteiger partial charge is 0.370 e. The van der Waals surface area contributed by atoms with Crippen LogP contribution in [0.5, 0.6) is 0 Å². The molecule has 0 radical (unpaired) electrons. The summed E-state index contributed by atoms with van der Waals surface area (Å²) in [6.07, 6.45) is 16.7. The van der Waals surface area contributed by atoms with E-state index in [2.05, 4.69) is 66.5 Å². The Labute approximate surface area is 811 Å². The van der Waals surface area contributed by atoms with Crippen molar-refractivity contribution in [3.05, 3.63) is 0 Å². The second-order valence-corrected chi connectivity index (χ2v) is 36.1. The molecule has 0 saturated carbocycles. The highest BCUT2D eigenvalue weighted by molar-refractivity contribution is 5.94. The van der Waals surface area contributed by atoms with E-state index in [4.69, 9.17) is 91.7 Å². The number of rotatable bonds is 90. The van der Waals surface area contributed by atoms with Gasteiger partial charge in [0.25, 0.3) is 0 Å². The Morgan fingerprint density at radius 2 is 0.380 bits per heavy atom. The van der Waals surface area contributed by atoms with E-state index >= 15 is 0 Å². The number of nitrogens with zero attached hydrogens (tertiary/aromatic N) is 8. The third-order valence-corrected chi connectivity index (χ3v) is 23.7. The molecule has 8 unspecified atom stereocenters. The monoisotopic (exact) mass is 1930 g/mol. The second-order valence-electron chi connectivity index (χ2n) is 36.1. The molecule has 780 valence electrons. The van der Waals surface area contributed by atoms with Gasteiger partial charge in [-0.15, -0.1) is 0 Å². The first-order valence-corrected chi connectivity index (χ1v) is 49.8. The number of unbranched alkanes of at least 4 members (excludes halogenated alkanes) is 10. The highest BCUT2D eigenvalue weighted by Crippen LogP contribution is 2.28. The van der Waals surface area contributed by atoms with Gasteiger partial charge in [0, 0.05) is 228 Å². The van der Waals surface area contributed by atoms with Gasteiger partial charge in [0.15, 0.2) is 47.7 Å². The van der Waals surface area contributed by atoms with Crippen LogP contribution in [0.3, 0.4) is 0 Å². The molecule has 8 atom stereocenters. The van der Waals surface area contributed by atoms with Crippen molar-refractivity contribution in [3.63, 3.8) is 0 Å². The highest BCUT2D eigenvalue weighted by Gasteiger charge is 2.33. The van der Waals surface area contributed by atoms with Gasteiger partial charge in [-0.2, -0.15) is 0 Å². The molecule has 0 aromatic carbocycles. The van der Waals surface area contributed by atoms with Crippen molar-refractivity contribution >= 4 is 129 Å². The van der Waals surface area contributed by atoms with Crippen molar-refractivity contribution in [3.8, 4) is 0 Å². The van der Waals surface area contributed by atoms with Gasteiger partial charge in [-0.25, -0.2) is 0 Å². The summed E-state index contributed by atoms with van der Waals surface area (Å²) >= 11 is 0. The first kappa shape index (κ1) is 126. The van der Waals surface area contributed by atoms with Crippen LogP contribution in [0.2, 0.25) is 0 Å². The number of aliphatic imine (C=N–C) groups is 8. The fraction of sp³-hybridized carbons (Fsp3) is 0.766. The van der Waals surface area contributed by atoms with Gasteiger partial charge < -0.3 is 118 Å². The van der Waals surface area contributed by atoms with Gasteiger partial charge in [-0.05, 0) is 180 Å². The van der Waals surface area contributed by atoms with Crippen LogP contribution in [0.15, 0.2) is 39.9 Å². The van der Waals surface area contributed by atoms with Crippen LogP contribution >= 0.6 is 0 Å². The number of carbonyl (C=O) groups is 14. The molecule has 0 saturated heterocycles. The fourth-order valence-corrected chi connectivity index (χ4v) is 15.8. The second kappa shape index (κ2) is 79.6. The maximum atomic E-state index is 14.4. The Hall–Kier alpha value is -11.5. The maximum absolute atomic E-state index is 14.4. The summed E-state index contributed by atoms with van der Waals surface area (Å²) in [5, 5.41) is 14.8. The zero-order valence-electron chi connectivity index (χ0n) is 82.7. The van der Waals surface area contributed by atoms with Crippen LogP contribution in [0.4, 0.5) is 0 Å². The highest BCUT2D eigenvalue weighted by atomic mass is 16.2. The molecule has 0 bridgehead atoms. The average Bonchev–Trinajstić information content (AvgIpc) is 0.892. The molecule has 0 rings (SSSR count). The number of nitrogens with one attached hydrogen (secondary N) is 5. The summed E-state index contributed by atoms with van der Waals surface area (Å²) in [7, 11) is 0. The van der Waals surface area contributed by atoms with Crippen molar-refractivity contribution in [2.45, 2.75) is 323 Å². The van der Waals surface area contributed by atoms with Gasteiger partial charge in [0.1, 0.15) is 52.0 Å². The molecule has 0 spiro atoms. The van der Waals surface area contributed by atoms with Crippen LogP contribution in [-0.2, 0) is 67.1 Å². The Bertz CT molecular complexity index is 3820. The van der Waals surface area contributed by atoms with Crippen molar-refractivity contribution in [2.75, 3.05) is 85.1 Å². The lowest BCUT2D eigenvalue weighted by atomic mass is 9.85. The number of hydrogen-bond donors (Lipinski definition) is 21. The van der Waals surface area contributed by atoms with E-state index in [1.807, 2.05) is 20.8 Å². The molecule has 0 heterocycles. The standard InChI is InChI=1S/C94H175N29O14/c1-4-65(29-21-49-116-87(95)96)82(133)111-44-16-6-11-38-74(125)57-66(30-22-50-117-88(97)98)79(130)61-70(34-26-54-121-92(105)106)84(135)113-46-17-7-12-39-75(126)58-67(31-23-51-118-89(99)100)80(131)62-71(35-27-55-122-93(107)108)85(136)114-47-18-8-13-40-76(127)59-68(32-24-52-119-90(101)102)81(132)63-72(36-28-56-123-94(109)110)86(137)115-48-19-9-14-41-77(128)60-69(33-25-53-120-91(103)104)83(134)112-45-15-5-10-37-73(124)42-20-43-78(129)64(2)3/h64-72H,4-63H2,1-3H3,(H,111,133)(H,112,134)(H,113,135)(H,114,136)(H,115,137)(H4,95,96,116)(H4,97,98,117)(H4,99,100,118)(H4,101,102,119)(H4,103,104,120)(H4,105,106,121)(H4,107,108,122)(H4,109,110,123). The van der Waals surface area contributed by atoms with Crippen molar-refractivity contribution < 1.29 is 67.1 Å². The SMILES string of the molecule is CCC(CCCN=C(N)N)C(=O)NCCCCCC(=O)CC(CCCN=C(N)N)C(=O)CC(CCCN=C(N)N)C(=O)NCCCCCC(=O)CC(CCCN=C(N)N)C(=O)CC(CCCN=C(N)N)C(=O)NCCCCCC(=O)CC(CCCN=C(N)N)C(=O)CC(CCCN=C(N)N)C(=O)NCCCCCC(=O)CC(CCCN=C(N)N)C(=O)NCCCCCC(=O)CCCC(=O)C(C)C. The van der Waals surface area contributed by atoms with E-state index in [1.165, 1.54) is 0 Å². The van der Waals surface area contributed by atoms with Crippen LogP contribution < -0.4 is 118 Å². The van der Waals surface area contributed by atoms with Gasteiger partial charge in [-0.1, -0.05) is 52.9 Å². The number of guanidine groups is 8. The first-order chi connectivity index (χ1) is 65.2. The Morgan fingerprint density at radius 3 is 0.591 bits per heavy atom. The smallest absolute Gasteiger partial charge is 0.223 e. The summed E-state index contributed by atoms with van der Waals surface area (Å²) in [6, 6.07) is 0. The minimum absolute atomic E-state index is 0.00725. The van der Waals surface area contributed by atoms with E-state index < -0.39 is 47.3 Å². The summed E-state index contributed by atoms with van der Waals surface area (Å²) in [4.78, 5) is 222. The lowest BCUT2D eigenvalue weighted by molar-refractivity contribution is -0.133. The van der Waals surface area contributed by atoms with Crippen molar-refractivity contribution in [1.29, 1.82) is 0 Å². The predicted octanol–water partition coefficient (Wildman–Crippen LogP) is 2.82. The molecule has 37 N–H and O–H groups in total. The zero-order valence-corrected chi connectivity index (χ0v) is 82.7. The van der Waals surface area contributed by atoms with Crippen LogP contribution in [0.25, 0.3) is 0 Å². The molecule has 0 aliphatic rings. The molecule has 5 amide bonds. The van der Waals surface area contributed by atoms with E-state index in [9.17, 15) is 67.1 Å². The van der Waals surface area contributed by atoms with E-state index in [0.717, 1.165) is 6.42 Å². The summed E-state index contributed by atoms with van der Waals surface area (Å²) < 4.78 is 0. The van der Waals surface area contributed by atoms with Crippen LogP contribution in [0, 0.1) is 53.3 Å². The van der Waals surface area contributed by atoms with Gasteiger partial charge in [0.2, 0.25) is 29.5 Å². The van der Waals surface area contributed by atoms with Crippen LogP contribution in [-0.4, -0.2) is 214 Å². The van der Waals surface area contributed by atoms with E-state index in [1.54, 1.807) is 0 Å². The molecule has 0 aromatic heterocycles. The van der Waals surface area contributed by atoms with Gasteiger partial charge in [0.05, 0.1) is 0 Å². The Kier molecular flexibility index (Phi) is 72.9. The minimum atomic E-state index is -0.825. The quantitative estimate of drug-likeness (QED) is 0.0236. The molecule has 0 fully saturated rings. The minimum Gasteiger partial charge on any atom is -0.370 e. The Morgan fingerprint density at radius 1 is 0.197 bits per heavy atom. The van der Waals surface area contributed by atoms with Crippen molar-refractivity contribution in [1.82, 2.24) is 26.6 Å². The zero-order chi connectivity index (χ0) is 103. The molecule has 137 heavy (non-hydrogen) atoms. The number of amides is 5. The normalized spacial score (nSPS) is 12.8. The lowest BCUT2D eigenvalue weighted by Gasteiger charge is -2.21. The Balaban J connectivity index is 6.05. The molecule has 0 aliphatic heterocycles. The number of ketones is 9. The number of Topliss-reactive ketones (excluding diaryl/α,β-unsaturated/α-hetero) is 9. The topological polar surface area (TPSA) is 814 Å². The van der Waals surface area contributed by atoms with E-state index in [-0.39, 0.29) is 297 Å². The fourth-order valence-electron chi connectivity index (χ4n) is 15.8. The molecule has 0 aromatic rings. The molecule has 43 nitrogen and oxygen atoms in total. The van der Waals surface area contributed by atoms with Gasteiger partial charge in [-0.3, -0.25) is 107 Å². The summed E-state index contributed by atoms with van der Waals surface area (Å²) in [6.45, 7) is 9.12. The van der Waals surface area contributed by atoms with Gasteiger partial charge >= 0.3 is 0 Å². The third kappa shape index (κ3) is 71.7. The first-order valence-electron chi connectivity index (χ1n) is 49.8. The van der Waals surface area contributed by atoms with Crippen LogP contribution in [0.1, 0.15) is 323 Å². The van der Waals surface area contributed by atoms with Crippen molar-refractivity contribution in [2.24, 2.45) is 185 Å².